The number of nitrogens with one attached hydrogen (secondary N) is 1. The van der Waals surface area contributed by atoms with Crippen LogP contribution in [0.25, 0.3) is 5.65 Å². The fraction of sp³-hybridized carbons (Fsp3) is 0.368. The Balaban J connectivity index is 1.52. The molecule has 4 rings (SSSR count). The Hall–Kier alpha value is -2.88. The molecule has 0 atom stereocenters. The van der Waals surface area contributed by atoms with Gasteiger partial charge in [-0.15, -0.1) is 15.3 Å². The smallest absolute Gasteiger partial charge is 0.355 e. The SMILES string of the molecule is CC(=O)Nc1cccc(C2CCN(c3ccc4nnc(C(F)(F)F)n4n3)CC2)c1Cl. The zero-order valence-corrected chi connectivity index (χ0v) is 16.7. The molecule has 1 N–H and O–H groups in total. The quantitative estimate of drug-likeness (QED) is 0.665. The lowest BCUT2D eigenvalue weighted by atomic mass is 9.89. The number of halogens is 4. The molecule has 0 aliphatic carbocycles. The fourth-order valence-electron chi connectivity index (χ4n) is 3.70. The second-order valence-corrected chi connectivity index (χ2v) is 7.51. The first-order valence-electron chi connectivity index (χ1n) is 9.34. The van der Waals surface area contributed by atoms with Crippen molar-refractivity contribution in [2.24, 2.45) is 0 Å². The van der Waals surface area contributed by atoms with E-state index in [0.717, 1.165) is 22.9 Å². The lowest BCUT2D eigenvalue weighted by molar-refractivity contribution is -0.146. The van der Waals surface area contributed by atoms with Crippen LogP contribution in [0.3, 0.4) is 0 Å². The number of carbonyl (C=O) groups is 1. The van der Waals surface area contributed by atoms with Crippen molar-refractivity contribution in [3.05, 3.63) is 46.7 Å². The van der Waals surface area contributed by atoms with Gasteiger partial charge in [0.05, 0.1) is 10.7 Å². The first-order chi connectivity index (χ1) is 14.2. The van der Waals surface area contributed by atoms with E-state index in [-0.39, 0.29) is 17.5 Å². The maximum atomic E-state index is 13.1. The number of piperidine rings is 1. The van der Waals surface area contributed by atoms with Gasteiger partial charge >= 0.3 is 6.18 Å². The molecule has 0 spiro atoms. The maximum absolute atomic E-state index is 13.1. The molecule has 0 unspecified atom stereocenters. The minimum Gasteiger partial charge on any atom is -0.355 e. The largest absolute Gasteiger partial charge is 0.453 e. The molecule has 1 saturated heterocycles. The highest BCUT2D eigenvalue weighted by Gasteiger charge is 2.38. The van der Waals surface area contributed by atoms with Crippen LogP contribution in [0.2, 0.25) is 5.02 Å². The van der Waals surface area contributed by atoms with Gasteiger partial charge in [0.15, 0.2) is 5.65 Å². The van der Waals surface area contributed by atoms with Crippen LogP contribution in [0.5, 0.6) is 0 Å². The molecule has 1 fully saturated rings. The van der Waals surface area contributed by atoms with Gasteiger partial charge in [-0.2, -0.15) is 17.7 Å². The summed E-state index contributed by atoms with van der Waals surface area (Å²) in [5.41, 5.74) is 1.56. The number of benzene rings is 1. The van der Waals surface area contributed by atoms with Crippen molar-refractivity contribution in [3.8, 4) is 0 Å². The molecule has 1 aliphatic heterocycles. The molecule has 0 saturated carbocycles. The number of hydrogen-bond donors (Lipinski definition) is 1. The molecule has 2 aromatic heterocycles. The summed E-state index contributed by atoms with van der Waals surface area (Å²) >= 11 is 6.49. The van der Waals surface area contributed by atoms with E-state index < -0.39 is 12.0 Å². The maximum Gasteiger partial charge on any atom is 0.453 e. The van der Waals surface area contributed by atoms with Gasteiger partial charge in [0.1, 0.15) is 5.82 Å². The van der Waals surface area contributed by atoms with Crippen molar-refractivity contribution in [1.29, 1.82) is 0 Å². The molecule has 11 heteroatoms. The molecule has 1 aliphatic rings. The Kier molecular flexibility index (Phi) is 5.27. The second kappa shape index (κ2) is 7.75. The van der Waals surface area contributed by atoms with Gasteiger partial charge in [-0.05, 0) is 42.5 Å². The Morgan fingerprint density at radius 2 is 1.90 bits per heavy atom. The normalized spacial score (nSPS) is 15.6. The van der Waals surface area contributed by atoms with Crippen LogP contribution in [-0.4, -0.2) is 38.8 Å². The minimum absolute atomic E-state index is 0.0440. The molecular formula is C19H18ClF3N6O. The molecule has 1 amide bonds. The summed E-state index contributed by atoms with van der Waals surface area (Å²) in [5, 5.41) is 14.1. The van der Waals surface area contributed by atoms with Crippen molar-refractivity contribution < 1.29 is 18.0 Å². The monoisotopic (exact) mass is 438 g/mol. The zero-order chi connectivity index (χ0) is 21.5. The van der Waals surface area contributed by atoms with Crippen molar-refractivity contribution in [1.82, 2.24) is 19.8 Å². The molecule has 0 radical (unpaired) electrons. The van der Waals surface area contributed by atoms with Gasteiger partial charge in [-0.25, -0.2) is 0 Å². The second-order valence-electron chi connectivity index (χ2n) is 7.13. The summed E-state index contributed by atoms with van der Waals surface area (Å²) in [6.07, 6.45) is -3.14. The number of anilines is 2. The van der Waals surface area contributed by atoms with Crippen LogP contribution >= 0.6 is 11.6 Å². The van der Waals surface area contributed by atoms with Gasteiger partial charge in [-0.3, -0.25) is 4.79 Å². The molecule has 7 nitrogen and oxygen atoms in total. The highest BCUT2D eigenvalue weighted by atomic mass is 35.5. The van der Waals surface area contributed by atoms with Gasteiger partial charge in [0.25, 0.3) is 5.82 Å². The number of amides is 1. The Morgan fingerprint density at radius 3 is 2.57 bits per heavy atom. The third kappa shape index (κ3) is 3.91. The Labute approximate surface area is 174 Å². The first kappa shape index (κ1) is 20.4. The van der Waals surface area contributed by atoms with E-state index in [0.29, 0.717) is 29.6 Å². The summed E-state index contributed by atoms with van der Waals surface area (Å²) in [4.78, 5) is 13.3. The summed E-state index contributed by atoms with van der Waals surface area (Å²) in [6.45, 7) is 2.63. The van der Waals surface area contributed by atoms with E-state index in [9.17, 15) is 18.0 Å². The standard InChI is InChI=1S/C19H18ClF3N6O/c1-11(30)24-14-4-2-3-13(17(14)20)12-7-9-28(10-8-12)16-6-5-15-25-26-18(19(21,22)23)29(15)27-16/h2-6,12H,7-10H2,1H3,(H,24,30). The molecular weight excluding hydrogens is 421 g/mol. The molecule has 158 valence electrons. The van der Waals surface area contributed by atoms with Gasteiger partial charge in [0.2, 0.25) is 5.91 Å². The predicted octanol–water partition coefficient (Wildman–Crippen LogP) is 4.14. The van der Waals surface area contributed by atoms with Crippen LogP contribution in [0.1, 0.15) is 37.1 Å². The number of hydrogen-bond acceptors (Lipinski definition) is 5. The summed E-state index contributed by atoms with van der Waals surface area (Å²) in [7, 11) is 0. The van der Waals surface area contributed by atoms with E-state index in [1.807, 2.05) is 17.0 Å². The number of carbonyl (C=O) groups excluding carboxylic acids is 1. The lowest BCUT2D eigenvalue weighted by Gasteiger charge is -2.33. The predicted molar refractivity (Wildman–Crippen MR) is 106 cm³/mol. The van der Waals surface area contributed by atoms with Gasteiger partial charge in [0, 0.05) is 20.0 Å². The molecule has 0 bridgehead atoms. The van der Waals surface area contributed by atoms with Crippen molar-refractivity contribution in [2.45, 2.75) is 31.9 Å². The van der Waals surface area contributed by atoms with Crippen molar-refractivity contribution >= 4 is 34.7 Å². The summed E-state index contributed by atoms with van der Waals surface area (Å²) in [5.74, 6) is -0.732. The highest BCUT2D eigenvalue weighted by Crippen LogP contribution is 2.37. The van der Waals surface area contributed by atoms with Gasteiger partial charge < -0.3 is 10.2 Å². The lowest BCUT2D eigenvalue weighted by Crippen LogP contribution is -2.34. The summed E-state index contributed by atoms with van der Waals surface area (Å²) < 4.78 is 40.0. The van der Waals surface area contributed by atoms with Crippen LogP contribution < -0.4 is 10.2 Å². The van der Waals surface area contributed by atoms with E-state index >= 15 is 0 Å². The van der Waals surface area contributed by atoms with E-state index in [1.54, 1.807) is 12.1 Å². The third-order valence-electron chi connectivity index (χ3n) is 5.10. The highest BCUT2D eigenvalue weighted by molar-refractivity contribution is 6.34. The number of aromatic nitrogens is 4. The third-order valence-corrected chi connectivity index (χ3v) is 5.52. The zero-order valence-electron chi connectivity index (χ0n) is 15.9. The topological polar surface area (TPSA) is 75.4 Å². The van der Waals surface area contributed by atoms with Crippen LogP contribution in [0, 0.1) is 0 Å². The van der Waals surface area contributed by atoms with Gasteiger partial charge in [-0.1, -0.05) is 23.7 Å². The Bertz CT molecular complexity index is 1090. The van der Waals surface area contributed by atoms with Crippen molar-refractivity contribution in [2.75, 3.05) is 23.3 Å². The minimum atomic E-state index is -4.63. The number of rotatable bonds is 3. The van der Waals surface area contributed by atoms with E-state index in [1.165, 1.54) is 13.0 Å². The van der Waals surface area contributed by atoms with E-state index in [2.05, 4.69) is 20.6 Å². The first-order valence-corrected chi connectivity index (χ1v) is 9.72. The van der Waals surface area contributed by atoms with Crippen LogP contribution in [0.4, 0.5) is 24.7 Å². The average Bonchev–Trinajstić information content (AvgIpc) is 3.13. The number of fused-ring (bicyclic) bond motifs is 1. The average molecular weight is 439 g/mol. The molecule has 30 heavy (non-hydrogen) atoms. The number of nitrogens with zero attached hydrogens (tertiary/aromatic N) is 5. The van der Waals surface area contributed by atoms with Crippen molar-refractivity contribution in [3.63, 3.8) is 0 Å². The van der Waals surface area contributed by atoms with Crippen LogP contribution in [0.15, 0.2) is 30.3 Å². The van der Waals surface area contributed by atoms with Crippen LogP contribution in [-0.2, 0) is 11.0 Å². The molecule has 1 aromatic carbocycles. The molecule has 3 aromatic rings. The summed E-state index contributed by atoms with van der Waals surface area (Å²) in [6, 6.07) is 8.66. The molecule has 3 heterocycles. The fourth-order valence-corrected chi connectivity index (χ4v) is 4.02. The van der Waals surface area contributed by atoms with E-state index in [4.69, 9.17) is 11.6 Å². The Morgan fingerprint density at radius 1 is 1.17 bits per heavy atom. The number of alkyl halides is 3.